The predicted molar refractivity (Wildman–Crippen MR) is 94.2 cm³/mol. The van der Waals surface area contributed by atoms with Crippen molar-refractivity contribution in [1.29, 1.82) is 0 Å². The summed E-state index contributed by atoms with van der Waals surface area (Å²) >= 11 is 0. The van der Waals surface area contributed by atoms with E-state index >= 15 is 0 Å². The Kier molecular flexibility index (Phi) is 3.56. The van der Waals surface area contributed by atoms with Gasteiger partial charge in [-0.25, -0.2) is 4.39 Å². The second kappa shape index (κ2) is 5.65. The van der Waals surface area contributed by atoms with Crippen LogP contribution in [0, 0.1) is 5.82 Å². The van der Waals surface area contributed by atoms with E-state index < -0.39 is 0 Å². The normalized spacial score (nSPS) is 15.9. The Morgan fingerprint density at radius 3 is 2.72 bits per heavy atom. The molecule has 1 unspecified atom stereocenters. The molecule has 1 N–H and O–H groups in total. The van der Waals surface area contributed by atoms with Crippen LogP contribution in [-0.4, -0.2) is 26.9 Å². The van der Waals surface area contributed by atoms with Gasteiger partial charge in [0.25, 0.3) is 5.91 Å². The zero-order valence-corrected chi connectivity index (χ0v) is 13.9. The van der Waals surface area contributed by atoms with Crippen molar-refractivity contribution in [3.63, 3.8) is 0 Å². The van der Waals surface area contributed by atoms with E-state index in [1.807, 2.05) is 6.92 Å². The highest BCUT2D eigenvalue weighted by Crippen LogP contribution is 2.41. The number of carbonyl (C=O) groups is 1. The Balaban J connectivity index is 2.06. The molecule has 2 heterocycles. The van der Waals surface area contributed by atoms with E-state index in [-0.39, 0.29) is 17.8 Å². The third kappa shape index (κ3) is 2.40. The first-order valence-corrected chi connectivity index (χ1v) is 8.02. The summed E-state index contributed by atoms with van der Waals surface area (Å²) in [7, 11) is 7.65. The molecule has 6 heteroatoms. The topological polar surface area (TPSA) is 51.5 Å². The van der Waals surface area contributed by atoms with Crippen LogP contribution in [0.15, 0.2) is 34.7 Å². The number of rotatable bonds is 2. The van der Waals surface area contributed by atoms with Gasteiger partial charge in [0.1, 0.15) is 36.9 Å². The van der Waals surface area contributed by atoms with E-state index in [1.165, 1.54) is 12.1 Å². The van der Waals surface area contributed by atoms with Crippen molar-refractivity contribution in [1.82, 2.24) is 5.32 Å². The molecule has 1 aromatic heterocycles. The first-order chi connectivity index (χ1) is 12.0. The number of hydrogen-bond donors (Lipinski definition) is 1. The number of hydrogen-bond acceptors (Lipinski definition) is 3. The van der Waals surface area contributed by atoms with Gasteiger partial charge in [-0.1, -0.05) is 5.46 Å². The fourth-order valence-electron chi connectivity index (χ4n) is 3.35. The third-order valence-electron chi connectivity index (χ3n) is 4.43. The van der Waals surface area contributed by atoms with Crippen molar-refractivity contribution in [3.05, 3.63) is 47.3 Å². The maximum absolute atomic E-state index is 13.3. The van der Waals surface area contributed by atoms with Crippen molar-refractivity contribution in [3.8, 4) is 17.1 Å². The molecule has 2 radical (unpaired) electrons. The van der Waals surface area contributed by atoms with Gasteiger partial charge in [-0.05, 0) is 37.3 Å². The van der Waals surface area contributed by atoms with Crippen molar-refractivity contribution in [2.45, 2.75) is 19.4 Å². The molecule has 4 nitrogen and oxygen atoms in total. The zero-order valence-electron chi connectivity index (χ0n) is 13.9. The van der Waals surface area contributed by atoms with E-state index in [1.54, 1.807) is 25.2 Å². The molecule has 0 saturated carbocycles. The molecule has 1 atom stereocenters. The standard InChI is InChI=1S/C19H15BFNO3/c1-9-7-12-15-14(8-13(20)18(12)24-9)25-17(16(15)19(23)22-2)10-3-5-11(21)6-4-10/h3-6,8-9H,7H2,1-2H3,(H,22,23). The van der Waals surface area contributed by atoms with Crippen molar-refractivity contribution >= 4 is 30.2 Å². The lowest BCUT2D eigenvalue weighted by Gasteiger charge is -2.07. The number of carbonyl (C=O) groups excluding carboxylic acids is 1. The second-order valence-corrected chi connectivity index (χ2v) is 6.17. The Morgan fingerprint density at radius 2 is 2.04 bits per heavy atom. The average molecular weight is 335 g/mol. The molecule has 0 fully saturated rings. The maximum atomic E-state index is 13.3. The molecule has 1 aliphatic rings. The van der Waals surface area contributed by atoms with Gasteiger partial charge in [-0.15, -0.1) is 0 Å². The van der Waals surface area contributed by atoms with Gasteiger partial charge in [0.05, 0.1) is 5.56 Å². The van der Waals surface area contributed by atoms with Gasteiger partial charge in [0, 0.05) is 30.0 Å². The monoisotopic (exact) mass is 335 g/mol. The Hall–Kier alpha value is -2.76. The summed E-state index contributed by atoms with van der Waals surface area (Å²) in [5, 5.41) is 3.35. The highest BCUT2D eigenvalue weighted by molar-refractivity contribution is 6.36. The molecular formula is C19H15BFNO3. The SMILES string of the molecule is [B]c1cc2oc(-c3ccc(F)cc3)c(C(=O)NC)c2c2c1OC(C)C2. The molecule has 124 valence electrons. The first kappa shape index (κ1) is 15.8. The van der Waals surface area contributed by atoms with Crippen molar-refractivity contribution in [2.75, 3.05) is 7.05 Å². The fourth-order valence-corrected chi connectivity index (χ4v) is 3.35. The number of fused-ring (bicyclic) bond motifs is 3. The summed E-state index contributed by atoms with van der Waals surface area (Å²) in [6.45, 7) is 1.95. The van der Waals surface area contributed by atoms with E-state index in [2.05, 4.69) is 5.32 Å². The Labute approximate surface area is 145 Å². The predicted octanol–water partition coefficient (Wildman–Crippen LogP) is 2.72. The number of halogens is 1. The second-order valence-electron chi connectivity index (χ2n) is 6.17. The largest absolute Gasteiger partial charge is 0.491 e. The van der Waals surface area contributed by atoms with Gasteiger partial charge in [0.2, 0.25) is 0 Å². The molecule has 25 heavy (non-hydrogen) atoms. The summed E-state index contributed by atoms with van der Waals surface area (Å²) in [4.78, 5) is 12.6. The lowest BCUT2D eigenvalue weighted by molar-refractivity contribution is 0.0964. The van der Waals surface area contributed by atoms with Gasteiger partial charge >= 0.3 is 0 Å². The van der Waals surface area contributed by atoms with Crippen LogP contribution >= 0.6 is 0 Å². The molecule has 1 amide bonds. The zero-order chi connectivity index (χ0) is 17.7. The summed E-state index contributed by atoms with van der Waals surface area (Å²) < 4.78 is 25.0. The Morgan fingerprint density at radius 1 is 1.32 bits per heavy atom. The number of nitrogens with one attached hydrogen (secondary N) is 1. The first-order valence-electron chi connectivity index (χ1n) is 8.02. The van der Waals surface area contributed by atoms with E-state index in [0.29, 0.717) is 45.5 Å². The van der Waals surface area contributed by atoms with Gasteiger partial charge < -0.3 is 14.5 Å². The van der Waals surface area contributed by atoms with Crippen LogP contribution in [0.2, 0.25) is 0 Å². The molecule has 0 spiro atoms. The minimum atomic E-state index is -0.353. The summed E-state index contributed by atoms with van der Waals surface area (Å²) in [6, 6.07) is 7.51. The van der Waals surface area contributed by atoms with Crippen LogP contribution in [0.5, 0.6) is 5.75 Å². The van der Waals surface area contributed by atoms with Crippen LogP contribution < -0.4 is 15.5 Å². The molecule has 2 aromatic carbocycles. The van der Waals surface area contributed by atoms with Crippen LogP contribution in [0.25, 0.3) is 22.3 Å². The minimum absolute atomic E-state index is 0.0235. The lowest BCUT2D eigenvalue weighted by Crippen LogP contribution is -2.18. The molecule has 3 aromatic rings. The molecule has 0 aliphatic carbocycles. The molecular weight excluding hydrogens is 320 g/mol. The average Bonchev–Trinajstić information content (AvgIpc) is 3.15. The Bertz CT molecular complexity index is 994. The summed E-state index contributed by atoms with van der Waals surface area (Å²) in [5.41, 5.74) is 2.91. The van der Waals surface area contributed by atoms with Crippen LogP contribution in [-0.2, 0) is 6.42 Å². The van der Waals surface area contributed by atoms with Crippen molar-refractivity contribution in [2.24, 2.45) is 0 Å². The van der Waals surface area contributed by atoms with E-state index in [4.69, 9.17) is 17.0 Å². The van der Waals surface area contributed by atoms with E-state index in [0.717, 1.165) is 5.56 Å². The van der Waals surface area contributed by atoms with Crippen molar-refractivity contribution < 1.29 is 18.3 Å². The van der Waals surface area contributed by atoms with E-state index in [9.17, 15) is 9.18 Å². The van der Waals surface area contributed by atoms with Crippen LogP contribution in [0.4, 0.5) is 4.39 Å². The number of furan rings is 1. The fraction of sp³-hybridized carbons (Fsp3) is 0.211. The van der Waals surface area contributed by atoms with Gasteiger partial charge in [-0.3, -0.25) is 4.79 Å². The number of benzene rings is 2. The lowest BCUT2D eigenvalue weighted by atomic mass is 9.89. The molecule has 0 bridgehead atoms. The van der Waals surface area contributed by atoms with Crippen LogP contribution in [0.1, 0.15) is 22.8 Å². The number of amides is 1. The maximum Gasteiger partial charge on any atom is 0.255 e. The quantitative estimate of drug-likeness (QED) is 0.733. The number of ether oxygens (including phenoxy) is 1. The summed E-state index contributed by atoms with van der Waals surface area (Å²) in [6.07, 6.45) is 0.619. The van der Waals surface area contributed by atoms with Crippen LogP contribution in [0.3, 0.4) is 0 Å². The molecule has 1 aliphatic heterocycles. The van der Waals surface area contributed by atoms with Gasteiger partial charge in [-0.2, -0.15) is 0 Å². The molecule has 4 rings (SSSR count). The third-order valence-corrected chi connectivity index (χ3v) is 4.43. The minimum Gasteiger partial charge on any atom is -0.491 e. The molecule has 0 saturated heterocycles. The highest BCUT2D eigenvalue weighted by Gasteiger charge is 2.30. The highest BCUT2D eigenvalue weighted by atomic mass is 19.1. The summed E-state index contributed by atoms with van der Waals surface area (Å²) in [5.74, 6) is 0.372. The smallest absolute Gasteiger partial charge is 0.255 e. The van der Waals surface area contributed by atoms with Gasteiger partial charge in [0.15, 0.2) is 0 Å².